The minimum atomic E-state index is -3.38. The van der Waals surface area contributed by atoms with Gasteiger partial charge in [0.25, 0.3) is 10.2 Å². The van der Waals surface area contributed by atoms with E-state index in [-0.39, 0.29) is 18.9 Å². The van der Waals surface area contributed by atoms with E-state index < -0.39 is 10.2 Å². The lowest BCUT2D eigenvalue weighted by Crippen LogP contribution is -2.47. The molecule has 4 rings (SSSR count). The highest BCUT2D eigenvalue weighted by Crippen LogP contribution is 2.36. The van der Waals surface area contributed by atoms with Crippen LogP contribution in [0.25, 0.3) is 0 Å². The summed E-state index contributed by atoms with van der Waals surface area (Å²) in [5.41, 5.74) is 0. The Kier molecular flexibility index (Phi) is 5.75. The van der Waals surface area contributed by atoms with Gasteiger partial charge in [0.15, 0.2) is 11.5 Å². The van der Waals surface area contributed by atoms with Gasteiger partial charge in [0, 0.05) is 25.2 Å². The smallest absolute Gasteiger partial charge is 0.279 e. The van der Waals surface area contributed by atoms with Crippen molar-refractivity contribution in [2.45, 2.75) is 63.5 Å². The summed E-state index contributed by atoms with van der Waals surface area (Å²) < 4.78 is 46.6. The molecule has 8 heteroatoms. The van der Waals surface area contributed by atoms with E-state index in [1.807, 2.05) is 18.2 Å². The lowest BCUT2D eigenvalue weighted by molar-refractivity contribution is 0.143. The van der Waals surface area contributed by atoms with Gasteiger partial charge >= 0.3 is 0 Å². The standard InChI is InChI=1S/C19H28N2O5S/c22-27(23,21-11-3-1-2-4-12-21)20-15-5-7-16(8-6-15)26-17-9-10-18-19(13-17)25-14-24-18/h9-10,13,15-16,20H,1-8,11-12,14H2. The number of fused-ring (bicyclic) bond motifs is 1. The third-order valence-corrected chi connectivity index (χ3v) is 7.22. The zero-order valence-electron chi connectivity index (χ0n) is 15.6. The van der Waals surface area contributed by atoms with E-state index in [0.717, 1.165) is 62.9 Å². The van der Waals surface area contributed by atoms with Gasteiger partial charge in [-0.05, 0) is 50.7 Å². The molecule has 0 amide bonds. The highest BCUT2D eigenvalue weighted by atomic mass is 32.2. The topological polar surface area (TPSA) is 77.1 Å². The molecule has 1 N–H and O–H groups in total. The molecule has 0 atom stereocenters. The molecule has 1 aromatic rings. The average molecular weight is 397 g/mol. The molecule has 2 heterocycles. The summed E-state index contributed by atoms with van der Waals surface area (Å²) in [6, 6.07) is 5.60. The maximum atomic E-state index is 12.6. The molecule has 0 bridgehead atoms. The van der Waals surface area contributed by atoms with E-state index in [2.05, 4.69) is 4.72 Å². The molecule has 0 aromatic heterocycles. The summed E-state index contributed by atoms with van der Waals surface area (Å²) in [7, 11) is -3.38. The predicted molar refractivity (Wildman–Crippen MR) is 101 cm³/mol. The molecule has 1 aromatic carbocycles. The van der Waals surface area contributed by atoms with Gasteiger partial charge in [-0.25, -0.2) is 0 Å². The first-order chi connectivity index (χ1) is 13.1. The van der Waals surface area contributed by atoms with Crippen LogP contribution in [0.3, 0.4) is 0 Å². The second-order valence-electron chi connectivity index (χ2n) is 7.54. The first-order valence-electron chi connectivity index (χ1n) is 9.94. The van der Waals surface area contributed by atoms with Crippen molar-refractivity contribution in [3.05, 3.63) is 18.2 Å². The molecule has 0 radical (unpaired) electrons. The van der Waals surface area contributed by atoms with Crippen LogP contribution < -0.4 is 18.9 Å². The molecule has 3 aliphatic rings. The summed E-state index contributed by atoms with van der Waals surface area (Å²) in [5.74, 6) is 2.23. The summed E-state index contributed by atoms with van der Waals surface area (Å²) in [6.07, 6.45) is 7.51. The summed E-state index contributed by atoms with van der Waals surface area (Å²) >= 11 is 0. The van der Waals surface area contributed by atoms with E-state index in [9.17, 15) is 8.42 Å². The fourth-order valence-corrected chi connectivity index (χ4v) is 5.55. The molecule has 1 aliphatic carbocycles. The minimum absolute atomic E-state index is 0.00476. The molecule has 2 aliphatic heterocycles. The molecule has 7 nitrogen and oxygen atoms in total. The summed E-state index contributed by atoms with van der Waals surface area (Å²) in [6.45, 7) is 1.52. The van der Waals surface area contributed by atoms with Crippen LogP contribution in [0.2, 0.25) is 0 Å². The fourth-order valence-electron chi connectivity index (χ4n) is 4.01. The number of rotatable bonds is 5. The van der Waals surface area contributed by atoms with Crippen molar-refractivity contribution in [2.24, 2.45) is 0 Å². The lowest BCUT2D eigenvalue weighted by Gasteiger charge is -2.31. The number of nitrogens with zero attached hydrogens (tertiary/aromatic N) is 1. The van der Waals surface area contributed by atoms with E-state index in [1.54, 1.807) is 4.31 Å². The normalized spacial score (nSPS) is 26.5. The Morgan fingerprint density at radius 3 is 2.41 bits per heavy atom. The van der Waals surface area contributed by atoms with E-state index >= 15 is 0 Å². The molecule has 0 unspecified atom stereocenters. The SMILES string of the molecule is O=S(=O)(NC1CCC(Oc2ccc3c(c2)OCO3)CC1)N1CCCCCC1. The Bertz CT molecular complexity index is 738. The van der Waals surface area contributed by atoms with Gasteiger partial charge in [-0.1, -0.05) is 12.8 Å². The Labute approximate surface area is 161 Å². The van der Waals surface area contributed by atoms with Crippen molar-refractivity contribution < 1.29 is 22.6 Å². The van der Waals surface area contributed by atoms with E-state index in [0.29, 0.717) is 18.8 Å². The van der Waals surface area contributed by atoms with Crippen molar-refractivity contribution in [3.8, 4) is 17.2 Å². The van der Waals surface area contributed by atoms with Gasteiger partial charge in [0.05, 0.1) is 6.10 Å². The van der Waals surface area contributed by atoms with Gasteiger partial charge in [-0.3, -0.25) is 0 Å². The van der Waals surface area contributed by atoms with Gasteiger partial charge in [-0.2, -0.15) is 17.4 Å². The van der Waals surface area contributed by atoms with Crippen molar-refractivity contribution in [1.29, 1.82) is 0 Å². The van der Waals surface area contributed by atoms with Gasteiger partial charge in [0.2, 0.25) is 6.79 Å². The lowest BCUT2D eigenvalue weighted by atomic mass is 9.94. The fraction of sp³-hybridized carbons (Fsp3) is 0.684. The minimum Gasteiger partial charge on any atom is -0.490 e. The molecule has 1 saturated heterocycles. The summed E-state index contributed by atoms with van der Waals surface area (Å²) in [4.78, 5) is 0. The summed E-state index contributed by atoms with van der Waals surface area (Å²) in [5, 5.41) is 0. The molecule has 2 fully saturated rings. The van der Waals surface area contributed by atoms with Crippen LogP contribution in [0.5, 0.6) is 17.2 Å². The Morgan fingerprint density at radius 1 is 0.963 bits per heavy atom. The monoisotopic (exact) mass is 396 g/mol. The van der Waals surface area contributed by atoms with Gasteiger partial charge in [-0.15, -0.1) is 0 Å². The maximum Gasteiger partial charge on any atom is 0.279 e. The Hall–Kier alpha value is -1.51. The number of hydrogen-bond donors (Lipinski definition) is 1. The second-order valence-corrected chi connectivity index (χ2v) is 9.24. The van der Waals surface area contributed by atoms with Crippen LogP contribution in [-0.4, -0.2) is 44.8 Å². The van der Waals surface area contributed by atoms with Crippen LogP contribution in [-0.2, 0) is 10.2 Å². The Balaban J connectivity index is 1.27. The van der Waals surface area contributed by atoms with Crippen molar-refractivity contribution in [3.63, 3.8) is 0 Å². The van der Waals surface area contributed by atoms with Crippen molar-refractivity contribution in [1.82, 2.24) is 9.03 Å². The highest BCUT2D eigenvalue weighted by molar-refractivity contribution is 7.87. The maximum absolute atomic E-state index is 12.6. The third kappa shape index (κ3) is 4.67. The van der Waals surface area contributed by atoms with Crippen LogP contribution in [0.4, 0.5) is 0 Å². The van der Waals surface area contributed by atoms with E-state index in [1.165, 1.54) is 0 Å². The average Bonchev–Trinajstić information content (AvgIpc) is 2.94. The first kappa shape index (κ1) is 18.8. The molecule has 1 saturated carbocycles. The largest absolute Gasteiger partial charge is 0.490 e. The molecular formula is C19H28N2O5S. The van der Waals surface area contributed by atoms with E-state index in [4.69, 9.17) is 14.2 Å². The molecule has 0 spiro atoms. The third-order valence-electron chi connectivity index (χ3n) is 5.54. The van der Waals surface area contributed by atoms with Crippen molar-refractivity contribution in [2.75, 3.05) is 19.9 Å². The van der Waals surface area contributed by atoms with Gasteiger partial charge in [0.1, 0.15) is 5.75 Å². The van der Waals surface area contributed by atoms with Crippen LogP contribution in [0.15, 0.2) is 18.2 Å². The first-order valence-corrected chi connectivity index (χ1v) is 11.4. The molecule has 27 heavy (non-hydrogen) atoms. The van der Waals surface area contributed by atoms with Crippen LogP contribution in [0.1, 0.15) is 51.4 Å². The van der Waals surface area contributed by atoms with Gasteiger partial charge < -0.3 is 14.2 Å². The number of nitrogens with one attached hydrogen (secondary N) is 1. The number of ether oxygens (including phenoxy) is 3. The Morgan fingerprint density at radius 2 is 1.67 bits per heavy atom. The molecule has 150 valence electrons. The predicted octanol–water partition coefficient (Wildman–Crippen LogP) is 2.82. The van der Waals surface area contributed by atoms with Crippen LogP contribution >= 0.6 is 0 Å². The van der Waals surface area contributed by atoms with Crippen molar-refractivity contribution >= 4 is 10.2 Å². The number of hydrogen-bond acceptors (Lipinski definition) is 5. The van der Waals surface area contributed by atoms with Crippen LogP contribution in [0, 0.1) is 0 Å². The highest BCUT2D eigenvalue weighted by Gasteiger charge is 2.29. The zero-order chi connectivity index (χ0) is 18.7. The molecular weight excluding hydrogens is 368 g/mol. The zero-order valence-corrected chi connectivity index (χ0v) is 16.4. The quantitative estimate of drug-likeness (QED) is 0.828. The number of benzene rings is 1. The second kappa shape index (κ2) is 8.24.